The maximum absolute atomic E-state index is 13.1. The smallest absolute Gasteiger partial charge is 0.326 e. The SMILES string of the molecule is CC(N[C@@H](COCc1ccccc1)C(=O)O)C(=O)N1C2CCCCC2C[C@H]1C(=O)O. The van der Waals surface area contributed by atoms with E-state index in [9.17, 15) is 24.6 Å². The van der Waals surface area contributed by atoms with Gasteiger partial charge in [-0.2, -0.15) is 0 Å². The number of nitrogens with one attached hydrogen (secondary N) is 1. The van der Waals surface area contributed by atoms with Gasteiger partial charge in [-0.25, -0.2) is 4.79 Å². The van der Waals surface area contributed by atoms with Gasteiger partial charge in [-0.3, -0.25) is 14.9 Å². The van der Waals surface area contributed by atoms with E-state index in [0.717, 1.165) is 31.2 Å². The van der Waals surface area contributed by atoms with Gasteiger partial charge >= 0.3 is 11.9 Å². The Hall–Kier alpha value is -2.45. The van der Waals surface area contributed by atoms with Crippen LogP contribution in [0.25, 0.3) is 0 Å². The van der Waals surface area contributed by atoms with Crippen LogP contribution in [-0.4, -0.2) is 63.7 Å². The molecule has 2 aliphatic rings. The van der Waals surface area contributed by atoms with E-state index < -0.39 is 30.1 Å². The molecule has 1 aliphatic heterocycles. The van der Waals surface area contributed by atoms with E-state index in [4.69, 9.17) is 4.74 Å². The van der Waals surface area contributed by atoms with E-state index >= 15 is 0 Å². The minimum absolute atomic E-state index is 0.0748. The number of amides is 1. The largest absolute Gasteiger partial charge is 0.480 e. The molecule has 1 amide bonds. The minimum Gasteiger partial charge on any atom is -0.480 e. The molecule has 1 aromatic carbocycles. The van der Waals surface area contributed by atoms with Crippen molar-refractivity contribution < 1.29 is 29.3 Å². The number of carbonyl (C=O) groups is 3. The molecule has 1 saturated carbocycles. The van der Waals surface area contributed by atoms with Gasteiger partial charge < -0.3 is 19.8 Å². The van der Waals surface area contributed by atoms with Gasteiger partial charge in [0, 0.05) is 6.04 Å². The Morgan fingerprint density at radius 3 is 2.53 bits per heavy atom. The van der Waals surface area contributed by atoms with Crippen LogP contribution in [0, 0.1) is 5.92 Å². The maximum atomic E-state index is 13.1. The third-order valence-corrected chi connectivity index (χ3v) is 6.14. The number of hydrogen-bond acceptors (Lipinski definition) is 5. The Labute approximate surface area is 176 Å². The lowest BCUT2D eigenvalue weighted by atomic mass is 9.84. The Balaban J connectivity index is 1.61. The molecular weight excluding hydrogens is 388 g/mol. The number of ether oxygens (including phenoxy) is 1. The van der Waals surface area contributed by atoms with E-state index in [1.807, 2.05) is 30.3 Å². The molecule has 164 valence electrons. The number of benzene rings is 1. The van der Waals surface area contributed by atoms with Crippen LogP contribution >= 0.6 is 0 Å². The average molecular weight is 418 g/mol. The lowest BCUT2D eigenvalue weighted by Gasteiger charge is -2.35. The van der Waals surface area contributed by atoms with Crippen molar-refractivity contribution in [3.8, 4) is 0 Å². The fraction of sp³-hybridized carbons (Fsp3) is 0.591. The van der Waals surface area contributed by atoms with Gasteiger partial charge in [0.2, 0.25) is 5.91 Å². The summed E-state index contributed by atoms with van der Waals surface area (Å²) in [6.07, 6.45) is 4.24. The third-order valence-electron chi connectivity index (χ3n) is 6.14. The fourth-order valence-electron chi connectivity index (χ4n) is 4.65. The second-order valence-electron chi connectivity index (χ2n) is 8.23. The molecule has 3 N–H and O–H groups in total. The molecule has 8 nitrogen and oxygen atoms in total. The van der Waals surface area contributed by atoms with Crippen LogP contribution < -0.4 is 5.32 Å². The van der Waals surface area contributed by atoms with E-state index in [1.165, 1.54) is 4.90 Å². The zero-order valence-corrected chi connectivity index (χ0v) is 17.2. The molecule has 8 heteroatoms. The third kappa shape index (κ3) is 5.17. The summed E-state index contributed by atoms with van der Waals surface area (Å²) in [5, 5.41) is 22.0. The molecule has 0 aromatic heterocycles. The summed E-state index contributed by atoms with van der Waals surface area (Å²) < 4.78 is 5.53. The summed E-state index contributed by atoms with van der Waals surface area (Å²) in [6.45, 7) is 1.76. The summed E-state index contributed by atoms with van der Waals surface area (Å²) in [6, 6.07) is 6.60. The first kappa shape index (κ1) is 22.2. The van der Waals surface area contributed by atoms with Gasteiger partial charge in [-0.1, -0.05) is 43.2 Å². The Morgan fingerprint density at radius 1 is 1.17 bits per heavy atom. The summed E-state index contributed by atoms with van der Waals surface area (Å²) in [5.41, 5.74) is 0.926. The van der Waals surface area contributed by atoms with Gasteiger partial charge in [-0.15, -0.1) is 0 Å². The second kappa shape index (κ2) is 10.0. The molecule has 1 saturated heterocycles. The van der Waals surface area contributed by atoms with Crippen LogP contribution in [0.4, 0.5) is 0 Å². The van der Waals surface area contributed by atoms with Gasteiger partial charge in [0.25, 0.3) is 0 Å². The molecule has 1 heterocycles. The van der Waals surface area contributed by atoms with Crippen molar-refractivity contribution in [2.75, 3.05) is 6.61 Å². The van der Waals surface area contributed by atoms with Crippen LogP contribution in [-0.2, 0) is 25.7 Å². The van der Waals surface area contributed by atoms with Gasteiger partial charge in [0.15, 0.2) is 0 Å². The molecule has 1 aromatic rings. The highest BCUT2D eigenvalue weighted by Crippen LogP contribution is 2.40. The summed E-state index contributed by atoms with van der Waals surface area (Å²) in [4.78, 5) is 38.0. The number of carboxylic acid groups (broad SMARTS) is 2. The molecule has 2 fully saturated rings. The topological polar surface area (TPSA) is 116 Å². The fourth-order valence-corrected chi connectivity index (χ4v) is 4.65. The van der Waals surface area contributed by atoms with Crippen molar-refractivity contribution in [3.63, 3.8) is 0 Å². The first-order valence-corrected chi connectivity index (χ1v) is 10.5. The lowest BCUT2D eigenvalue weighted by Crippen LogP contribution is -2.56. The van der Waals surface area contributed by atoms with Gasteiger partial charge in [-0.05, 0) is 37.7 Å². The van der Waals surface area contributed by atoms with Crippen molar-refractivity contribution in [2.24, 2.45) is 5.92 Å². The standard InChI is InChI=1S/C22H30N2O6/c1-14(23-17(21(26)27)13-30-12-15-7-3-2-4-8-15)20(25)24-18-10-6-5-9-16(18)11-19(24)22(28)29/h2-4,7-8,14,16-19,23H,5-6,9-13H2,1H3,(H,26,27)(H,28,29)/t14?,16?,17-,18?,19-/m0/s1. The quantitative estimate of drug-likeness (QED) is 0.561. The Kier molecular flexibility index (Phi) is 7.44. The number of likely N-dealkylation sites (tertiary alicyclic amines) is 1. The van der Waals surface area contributed by atoms with Crippen molar-refractivity contribution in [3.05, 3.63) is 35.9 Å². The van der Waals surface area contributed by atoms with E-state index in [-0.39, 0.29) is 31.1 Å². The number of carbonyl (C=O) groups excluding carboxylic acids is 1. The number of carboxylic acids is 2. The first-order valence-electron chi connectivity index (χ1n) is 10.5. The lowest BCUT2D eigenvalue weighted by molar-refractivity contribution is -0.151. The van der Waals surface area contributed by atoms with Crippen LogP contribution in [0.3, 0.4) is 0 Å². The van der Waals surface area contributed by atoms with Crippen molar-refractivity contribution >= 4 is 17.8 Å². The maximum Gasteiger partial charge on any atom is 0.326 e. The summed E-state index contributed by atoms with van der Waals surface area (Å²) in [5.74, 6) is -2.26. The molecular formula is C22H30N2O6. The van der Waals surface area contributed by atoms with E-state index in [2.05, 4.69) is 5.32 Å². The van der Waals surface area contributed by atoms with Crippen LogP contribution in [0.1, 0.15) is 44.6 Å². The monoisotopic (exact) mass is 418 g/mol. The van der Waals surface area contributed by atoms with Crippen LogP contribution in [0.2, 0.25) is 0 Å². The molecule has 3 rings (SSSR count). The predicted octanol–water partition coefficient (Wildman–Crippen LogP) is 1.88. The second-order valence-corrected chi connectivity index (χ2v) is 8.23. The first-order chi connectivity index (χ1) is 14.4. The zero-order valence-electron chi connectivity index (χ0n) is 17.2. The molecule has 30 heavy (non-hydrogen) atoms. The highest BCUT2D eigenvalue weighted by atomic mass is 16.5. The Bertz CT molecular complexity index is 755. The normalized spacial score (nSPS) is 25.4. The molecule has 0 radical (unpaired) electrons. The van der Waals surface area contributed by atoms with Gasteiger partial charge in [0.05, 0.1) is 19.3 Å². The Morgan fingerprint density at radius 2 is 1.87 bits per heavy atom. The summed E-state index contributed by atoms with van der Waals surface area (Å²) in [7, 11) is 0. The highest BCUT2D eigenvalue weighted by Gasteiger charge is 2.48. The minimum atomic E-state index is -1.12. The van der Waals surface area contributed by atoms with Crippen LogP contribution in [0.5, 0.6) is 0 Å². The predicted molar refractivity (Wildman–Crippen MR) is 109 cm³/mol. The number of rotatable bonds is 9. The number of aliphatic carboxylic acids is 2. The summed E-state index contributed by atoms with van der Waals surface area (Å²) >= 11 is 0. The van der Waals surface area contributed by atoms with Crippen molar-refractivity contribution in [2.45, 2.75) is 69.8 Å². The molecule has 0 bridgehead atoms. The van der Waals surface area contributed by atoms with Crippen molar-refractivity contribution in [1.29, 1.82) is 0 Å². The molecule has 5 atom stereocenters. The molecule has 0 spiro atoms. The zero-order chi connectivity index (χ0) is 21.7. The number of nitrogens with zero attached hydrogens (tertiary/aromatic N) is 1. The van der Waals surface area contributed by atoms with E-state index in [1.54, 1.807) is 6.92 Å². The van der Waals surface area contributed by atoms with Crippen LogP contribution in [0.15, 0.2) is 30.3 Å². The van der Waals surface area contributed by atoms with Gasteiger partial charge in [0.1, 0.15) is 12.1 Å². The number of fused-ring (bicyclic) bond motifs is 1. The van der Waals surface area contributed by atoms with E-state index in [0.29, 0.717) is 6.42 Å². The van der Waals surface area contributed by atoms with Crippen molar-refractivity contribution in [1.82, 2.24) is 10.2 Å². The number of hydrogen-bond donors (Lipinski definition) is 3. The molecule has 1 aliphatic carbocycles. The molecule has 3 unspecified atom stereocenters. The average Bonchev–Trinajstić information content (AvgIpc) is 3.13. The highest BCUT2D eigenvalue weighted by molar-refractivity contribution is 5.88.